The zero-order valence-electron chi connectivity index (χ0n) is 16.2. The molecular weight excluding hydrogens is 399 g/mol. The van der Waals surface area contributed by atoms with Crippen molar-refractivity contribution >= 4 is 11.7 Å². The van der Waals surface area contributed by atoms with Crippen LogP contribution >= 0.6 is 0 Å². The number of rotatable bonds is 3. The predicted molar refractivity (Wildman–Crippen MR) is 103 cm³/mol. The molecule has 0 saturated carbocycles. The highest BCUT2D eigenvalue weighted by Crippen LogP contribution is 2.33. The van der Waals surface area contributed by atoms with Crippen LogP contribution in [0, 0.1) is 17.5 Å². The Morgan fingerprint density at radius 1 is 1.20 bits per heavy atom. The fraction of sp³-hybridized carbons (Fsp3) is 0.238. The molecule has 0 radical (unpaired) electrons. The third kappa shape index (κ3) is 3.58. The number of aromatic nitrogens is 1. The minimum atomic E-state index is -1.59. The molecule has 0 bridgehead atoms. The van der Waals surface area contributed by atoms with Crippen LogP contribution in [-0.2, 0) is 13.0 Å². The summed E-state index contributed by atoms with van der Waals surface area (Å²) in [5.74, 6) is -3.10. The standard InChI is InChI=1S/C21H18F3N3O3/c1-11-7-18-15(20(30-26-18)12-3-5-14(29-2)6-4-12)10-27(11)21(28)25-13-8-16(22)19(24)17(23)9-13/h3-6,8-9,11H,7,10H2,1-2H3,(H,25,28)/t11-/m0/s1. The molecule has 3 aromatic rings. The zero-order valence-corrected chi connectivity index (χ0v) is 16.2. The van der Waals surface area contributed by atoms with Gasteiger partial charge >= 0.3 is 6.03 Å². The lowest BCUT2D eigenvalue weighted by atomic mass is 9.97. The number of halogens is 3. The second-order valence-corrected chi connectivity index (χ2v) is 7.03. The van der Waals surface area contributed by atoms with Crippen molar-refractivity contribution in [2.24, 2.45) is 0 Å². The minimum absolute atomic E-state index is 0.171. The van der Waals surface area contributed by atoms with E-state index in [9.17, 15) is 18.0 Å². The smallest absolute Gasteiger partial charge is 0.322 e. The fourth-order valence-electron chi connectivity index (χ4n) is 3.45. The molecule has 156 valence electrons. The number of ether oxygens (including phenoxy) is 1. The molecule has 1 aliphatic rings. The van der Waals surface area contributed by atoms with E-state index < -0.39 is 23.5 Å². The SMILES string of the molecule is COc1ccc(-c2onc3c2CN(C(=O)Nc2cc(F)c(F)c(F)c2)[C@@H](C)C3)cc1. The normalized spacial score (nSPS) is 15.6. The van der Waals surface area contributed by atoms with Crippen molar-refractivity contribution in [1.82, 2.24) is 10.1 Å². The molecule has 4 rings (SSSR count). The zero-order chi connectivity index (χ0) is 21.4. The number of anilines is 1. The van der Waals surface area contributed by atoms with Gasteiger partial charge < -0.3 is 19.5 Å². The molecule has 1 N–H and O–H groups in total. The van der Waals surface area contributed by atoms with Gasteiger partial charge in [-0.05, 0) is 31.2 Å². The first-order valence-electron chi connectivity index (χ1n) is 9.21. The second kappa shape index (κ2) is 7.74. The quantitative estimate of drug-likeness (QED) is 0.625. The van der Waals surface area contributed by atoms with Crippen LogP contribution < -0.4 is 10.1 Å². The number of hydrogen-bond acceptors (Lipinski definition) is 4. The van der Waals surface area contributed by atoms with Crippen LogP contribution in [-0.4, -0.2) is 29.2 Å². The van der Waals surface area contributed by atoms with Crippen molar-refractivity contribution in [3.8, 4) is 17.1 Å². The van der Waals surface area contributed by atoms with Gasteiger partial charge in [0.2, 0.25) is 0 Å². The van der Waals surface area contributed by atoms with E-state index in [1.165, 1.54) is 4.90 Å². The number of benzene rings is 2. The van der Waals surface area contributed by atoms with Crippen molar-refractivity contribution in [3.63, 3.8) is 0 Å². The van der Waals surface area contributed by atoms with E-state index in [0.29, 0.717) is 17.9 Å². The maximum absolute atomic E-state index is 13.5. The van der Waals surface area contributed by atoms with E-state index in [0.717, 1.165) is 29.0 Å². The number of nitrogens with zero attached hydrogens (tertiary/aromatic N) is 2. The summed E-state index contributed by atoms with van der Waals surface area (Å²) in [7, 11) is 1.57. The molecule has 0 fully saturated rings. The van der Waals surface area contributed by atoms with Gasteiger partial charge in [-0.25, -0.2) is 18.0 Å². The van der Waals surface area contributed by atoms with E-state index in [2.05, 4.69) is 10.5 Å². The summed E-state index contributed by atoms with van der Waals surface area (Å²) in [6.07, 6.45) is 0.453. The summed E-state index contributed by atoms with van der Waals surface area (Å²) in [5.41, 5.74) is 2.11. The van der Waals surface area contributed by atoms with E-state index in [-0.39, 0.29) is 18.3 Å². The maximum atomic E-state index is 13.5. The van der Waals surface area contributed by atoms with Gasteiger partial charge in [-0.2, -0.15) is 0 Å². The first-order valence-corrected chi connectivity index (χ1v) is 9.21. The Morgan fingerprint density at radius 2 is 1.87 bits per heavy atom. The highest BCUT2D eigenvalue weighted by atomic mass is 19.2. The number of carbonyl (C=O) groups excluding carboxylic acids is 1. The van der Waals surface area contributed by atoms with Gasteiger partial charge in [0, 0.05) is 41.4 Å². The maximum Gasteiger partial charge on any atom is 0.322 e. The Balaban J connectivity index is 1.58. The first kappa shape index (κ1) is 19.8. The molecule has 0 unspecified atom stereocenters. The molecule has 0 saturated heterocycles. The molecule has 1 atom stereocenters. The largest absolute Gasteiger partial charge is 0.497 e. The average molecular weight is 417 g/mol. The van der Waals surface area contributed by atoms with Crippen molar-refractivity contribution in [3.05, 3.63) is 65.1 Å². The number of amides is 2. The van der Waals surface area contributed by atoms with Crippen LogP contribution in [0.5, 0.6) is 5.75 Å². The second-order valence-electron chi connectivity index (χ2n) is 7.03. The Hall–Kier alpha value is -3.49. The Kier molecular flexibility index (Phi) is 5.11. The van der Waals surface area contributed by atoms with Crippen LogP contribution in [0.2, 0.25) is 0 Å². The molecule has 2 amide bonds. The molecule has 0 aliphatic carbocycles. The predicted octanol–water partition coefficient (Wildman–Crippen LogP) is 4.75. The molecule has 2 heterocycles. The highest BCUT2D eigenvalue weighted by molar-refractivity contribution is 5.90. The molecule has 1 aromatic heterocycles. The van der Waals surface area contributed by atoms with Crippen molar-refractivity contribution in [2.75, 3.05) is 12.4 Å². The summed E-state index contributed by atoms with van der Waals surface area (Å²) < 4.78 is 50.7. The molecule has 30 heavy (non-hydrogen) atoms. The number of carbonyl (C=O) groups is 1. The van der Waals surface area contributed by atoms with E-state index in [1.807, 2.05) is 19.1 Å². The summed E-state index contributed by atoms with van der Waals surface area (Å²) in [6, 6.07) is 7.90. The van der Waals surface area contributed by atoms with Crippen molar-refractivity contribution < 1.29 is 27.2 Å². The van der Waals surface area contributed by atoms with E-state index in [1.54, 1.807) is 19.2 Å². The van der Waals surface area contributed by atoms with Crippen LogP contribution in [0.25, 0.3) is 11.3 Å². The van der Waals surface area contributed by atoms with Crippen molar-refractivity contribution in [2.45, 2.75) is 25.9 Å². The van der Waals surface area contributed by atoms with Crippen molar-refractivity contribution in [1.29, 1.82) is 0 Å². The third-order valence-corrected chi connectivity index (χ3v) is 5.07. The summed E-state index contributed by atoms with van der Waals surface area (Å²) >= 11 is 0. The van der Waals surface area contributed by atoms with Gasteiger partial charge in [0.05, 0.1) is 19.3 Å². The van der Waals surface area contributed by atoms with Gasteiger partial charge in [-0.1, -0.05) is 5.16 Å². The molecular formula is C21H18F3N3O3. The lowest BCUT2D eigenvalue weighted by Crippen LogP contribution is -2.44. The van der Waals surface area contributed by atoms with E-state index in [4.69, 9.17) is 9.26 Å². The third-order valence-electron chi connectivity index (χ3n) is 5.07. The summed E-state index contributed by atoms with van der Waals surface area (Å²) in [4.78, 5) is 14.3. The highest BCUT2D eigenvalue weighted by Gasteiger charge is 2.32. The lowest BCUT2D eigenvalue weighted by molar-refractivity contribution is 0.182. The number of fused-ring (bicyclic) bond motifs is 1. The lowest BCUT2D eigenvalue weighted by Gasteiger charge is -2.32. The number of hydrogen-bond donors (Lipinski definition) is 1. The summed E-state index contributed by atoms with van der Waals surface area (Å²) in [6.45, 7) is 2.02. The average Bonchev–Trinajstić information content (AvgIpc) is 3.14. The first-order chi connectivity index (χ1) is 14.4. The minimum Gasteiger partial charge on any atom is -0.497 e. The Morgan fingerprint density at radius 3 is 2.50 bits per heavy atom. The van der Waals surface area contributed by atoms with Crippen LogP contribution in [0.15, 0.2) is 40.9 Å². The van der Waals surface area contributed by atoms with Gasteiger partial charge in [0.1, 0.15) is 5.75 Å². The number of nitrogens with one attached hydrogen (secondary N) is 1. The molecule has 2 aromatic carbocycles. The van der Waals surface area contributed by atoms with Gasteiger partial charge in [-0.15, -0.1) is 0 Å². The monoisotopic (exact) mass is 417 g/mol. The Labute approximate surface area is 170 Å². The van der Waals surface area contributed by atoms with Gasteiger partial charge in [0.15, 0.2) is 23.2 Å². The molecule has 1 aliphatic heterocycles. The van der Waals surface area contributed by atoms with Crippen LogP contribution in [0.1, 0.15) is 18.2 Å². The fourth-order valence-corrected chi connectivity index (χ4v) is 3.45. The number of methoxy groups -OCH3 is 1. The van der Waals surface area contributed by atoms with Gasteiger partial charge in [0.25, 0.3) is 0 Å². The molecule has 0 spiro atoms. The number of urea groups is 1. The summed E-state index contributed by atoms with van der Waals surface area (Å²) in [5, 5.41) is 6.55. The topological polar surface area (TPSA) is 67.6 Å². The van der Waals surface area contributed by atoms with E-state index >= 15 is 0 Å². The molecule has 9 heteroatoms. The van der Waals surface area contributed by atoms with Gasteiger partial charge in [-0.3, -0.25) is 0 Å². The Bertz CT molecular complexity index is 1080. The molecule has 6 nitrogen and oxygen atoms in total. The van der Waals surface area contributed by atoms with Crippen LogP contribution in [0.4, 0.5) is 23.7 Å². The van der Waals surface area contributed by atoms with Crippen LogP contribution in [0.3, 0.4) is 0 Å².